The van der Waals surface area contributed by atoms with E-state index in [2.05, 4.69) is 4.72 Å². The number of nitrogens with two attached hydrogens (primary N) is 1. The third-order valence-corrected chi connectivity index (χ3v) is 4.33. The number of benzene rings is 1. The highest BCUT2D eigenvalue weighted by Crippen LogP contribution is 2.12. The lowest BCUT2D eigenvalue weighted by atomic mass is 10.2. The van der Waals surface area contributed by atoms with Gasteiger partial charge in [0.15, 0.2) is 0 Å². The van der Waals surface area contributed by atoms with Crippen LogP contribution in [-0.2, 0) is 10.0 Å². The van der Waals surface area contributed by atoms with E-state index in [0.29, 0.717) is 5.56 Å². The van der Waals surface area contributed by atoms with Crippen LogP contribution in [0.4, 0.5) is 0 Å². The van der Waals surface area contributed by atoms with E-state index >= 15 is 0 Å². The summed E-state index contributed by atoms with van der Waals surface area (Å²) >= 11 is 4.84. The summed E-state index contributed by atoms with van der Waals surface area (Å²) in [6, 6.07) is 6.25. The van der Waals surface area contributed by atoms with Crippen molar-refractivity contribution in [2.24, 2.45) is 5.73 Å². The Bertz CT molecular complexity index is 527. The summed E-state index contributed by atoms with van der Waals surface area (Å²) in [6.45, 7) is 3.86. The number of hydrogen-bond donors (Lipinski definition) is 2. The van der Waals surface area contributed by atoms with Crippen LogP contribution in [-0.4, -0.2) is 19.4 Å². The molecular weight excluding hydrogens is 268 g/mol. The van der Waals surface area contributed by atoms with Crippen molar-refractivity contribution >= 4 is 27.2 Å². The largest absolute Gasteiger partial charge is 0.389 e. The van der Waals surface area contributed by atoms with Gasteiger partial charge in [0.25, 0.3) is 0 Å². The van der Waals surface area contributed by atoms with E-state index in [1.165, 1.54) is 12.1 Å². The Balaban J connectivity index is 2.98. The van der Waals surface area contributed by atoms with Crippen molar-refractivity contribution < 1.29 is 8.42 Å². The molecule has 0 aliphatic heterocycles. The highest BCUT2D eigenvalue weighted by molar-refractivity contribution is 7.89. The van der Waals surface area contributed by atoms with Crippen LogP contribution in [0.5, 0.6) is 0 Å². The summed E-state index contributed by atoms with van der Waals surface area (Å²) in [5.41, 5.74) is 6.04. The van der Waals surface area contributed by atoms with Crippen LogP contribution < -0.4 is 10.5 Å². The molecule has 0 radical (unpaired) electrons. The van der Waals surface area contributed by atoms with E-state index < -0.39 is 10.0 Å². The molecule has 0 bridgehead atoms. The van der Waals surface area contributed by atoms with Gasteiger partial charge >= 0.3 is 0 Å². The Labute approximate surface area is 114 Å². The van der Waals surface area contributed by atoms with Crippen LogP contribution >= 0.6 is 12.2 Å². The fourth-order valence-corrected chi connectivity index (χ4v) is 3.09. The van der Waals surface area contributed by atoms with Crippen molar-refractivity contribution in [1.82, 2.24) is 4.72 Å². The second-order valence-electron chi connectivity index (χ2n) is 4.20. The molecule has 0 spiro atoms. The number of nitrogens with one attached hydrogen (secondary N) is 1. The molecule has 1 unspecified atom stereocenters. The highest BCUT2D eigenvalue weighted by atomic mass is 32.2. The SMILES string of the molecule is CCCC(C)NS(=O)(=O)c1cccc(C(N)=S)c1. The van der Waals surface area contributed by atoms with Gasteiger partial charge in [-0.15, -0.1) is 0 Å². The van der Waals surface area contributed by atoms with Crippen molar-refractivity contribution in [3.8, 4) is 0 Å². The molecule has 0 fully saturated rings. The first-order valence-electron chi connectivity index (χ1n) is 5.79. The zero-order valence-corrected chi connectivity index (χ0v) is 12.1. The molecule has 1 rings (SSSR count). The normalized spacial score (nSPS) is 13.2. The fourth-order valence-electron chi connectivity index (χ4n) is 1.64. The first kappa shape index (κ1) is 15.1. The molecule has 100 valence electrons. The summed E-state index contributed by atoms with van der Waals surface area (Å²) in [6.07, 6.45) is 1.73. The molecule has 0 saturated carbocycles. The Morgan fingerprint density at radius 2 is 2.17 bits per heavy atom. The molecule has 0 saturated heterocycles. The maximum absolute atomic E-state index is 12.1. The van der Waals surface area contributed by atoms with E-state index in [1.54, 1.807) is 12.1 Å². The maximum atomic E-state index is 12.1. The van der Waals surface area contributed by atoms with E-state index in [9.17, 15) is 8.42 Å². The van der Waals surface area contributed by atoms with E-state index in [4.69, 9.17) is 18.0 Å². The zero-order valence-electron chi connectivity index (χ0n) is 10.5. The van der Waals surface area contributed by atoms with Crippen LogP contribution in [0.25, 0.3) is 0 Å². The van der Waals surface area contributed by atoms with Gasteiger partial charge in [0.1, 0.15) is 4.99 Å². The van der Waals surface area contributed by atoms with E-state index in [0.717, 1.165) is 12.8 Å². The smallest absolute Gasteiger partial charge is 0.240 e. The van der Waals surface area contributed by atoms with E-state index in [1.807, 2.05) is 13.8 Å². The lowest BCUT2D eigenvalue weighted by Crippen LogP contribution is -2.32. The van der Waals surface area contributed by atoms with Gasteiger partial charge in [0, 0.05) is 11.6 Å². The van der Waals surface area contributed by atoms with Crippen LogP contribution in [0.3, 0.4) is 0 Å². The van der Waals surface area contributed by atoms with Crippen LogP contribution in [0.1, 0.15) is 32.3 Å². The number of sulfonamides is 1. The van der Waals surface area contributed by atoms with Crippen molar-refractivity contribution in [3.63, 3.8) is 0 Å². The van der Waals surface area contributed by atoms with Crippen molar-refractivity contribution in [2.45, 2.75) is 37.6 Å². The summed E-state index contributed by atoms with van der Waals surface area (Å²) in [5.74, 6) is 0. The second kappa shape index (κ2) is 6.26. The van der Waals surface area contributed by atoms with E-state index in [-0.39, 0.29) is 15.9 Å². The van der Waals surface area contributed by atoms with Gasteiger partial charge in [-0.25, -0.2) is 13.1 Å². The predicted molar refractivity (Wildman–Crippen MR) is 77.0 cm³/mol. The Hall–Kier alpha value is -0.980. The van der Waals surface area contributed by atoms with Gasteiger partial charge in [-0.05, 0) is 25.5 Å². The minimum atomic E-state index is -3.50. The van der Waals surface area contributed by atoms with Crippen LogP contribution in [0.2, 0.25) is 0 Å². The molecule has 0 amide bonds. The number of rotatable bonds is 6. The monoisotopic (exact) mass is 286 g/mol. The van der Waals surface area contributed by atoms with Gasteiger partial charge in [0.05, 0.1) is 4.90 Å². The summed E-state index contributed by atoms with van der Waals surface area (Å²) in [5, 5.41) is 0. The van der Waals surface area contributed by atoms with Gasteiger partial charge in [-0.2, -0.15) is 0 Å². The molecule has 1 aromatic carbocycles. The van der Waals surface area contributed by atoms with Crippen molar-refractivity contribution in [3.05, 3.63) is 29.8 Å². The van der Waals surface area contributed by atoms with Gasteiger partial charge in [0.2, 0.25) is 10.0 Å². The molecule has 0 heterocycles. The first-order chi connectivity index (χ1) is 8.36. The van der Waals surface area contributed by atoms with Crippen molar-refractivity contribution in [1.29, 1.82) is 0 Å². The number of hydrogen-bond acceptors (Lipinski definition) is 3. The fraction of sp³-hybridized carbons (Fsp3) is 0.417. The molecule has 0 aromatic heterocycles. The molecule has 1 atom stereocenters. The molecule has 1 aromatic rings. The molecular formula is C12H18N2O2S2. The highest BCUT2D eigenvalue weighted by Gasteiger charge is 2.17. The Morgan fingerprint density at radius 3 is 2.72 bits per heavy atom. The lowest BCUT2D eigenvalue weighted by molar-refractivity contribution is 0.544. The molecule has 3 N–H and O–H groups in total. The van der Waals surface area contributed by atoms with Crippen LogP contribution in [0, 0.1) is 0 Å². The minimum Gasteiger partial charge on any atom is -0.389 e. The average Bonchev–Trinajstić information content (AvgIpc) is 2.28. The van der Waals surface area contributed by atoms with Crippen LogP contribution in [0.15, 0.2) is 29.2 Å². The Morgan fingerprint density at radius 1 is 1.50 bits per heavy atom. The lowest BCUT2D eigenvalue weighted by Gasteiger charge is -2.13. The maximum Gasteiger partial charge on any atom is 0.240 e. The Kier molecular flexibility index (Phi) is 5.25. The molecule has 18 heavy (non-hydrogen) atoms. The molecule has 0 aliphatic rings. The molecule has 4 nitrogen and oxygen atoms in total. The predicted octanol–water partition coefficient (Wildman–Crippen LogP) is 1.79. The first-order valence-corrected chi connectivity index (χ1v) is 7.68. The van der Waals surface area contributed by atoms with Crippen molar-refractivity contribution in [2.75, 3.05) is 0 Å². The average molecular weight is 286 g/mol. The molecule has 6 heteroatoms. The van der Waals surface area contributed by atoms with Gasteiger partial charge in [-0.1, -0.05) is 37.7 Å². The summed E-state index contributed by atoms with van der Waals surface area (Å²) in [4.78, 5) is 0.379. The topological polar surface area (TPSA) is 72.2 Å². The molecule has 0 aliphatic carbocycles. The number of thiocarbonyl (C=S) groups is 1. The quantitative estimate of drug-likeness (QED) is 0.782. The standard InChI is InChI=1S/C12H18N2O2S2/c1-3-5-9(2)14-18(15,16)11-7-4-6-10(8-11)12(13)17/h4,6-9,14H,3,5H2,1-2H3,(H2,13,17). The third kappa shape index (κ3) is 4.04. The zero-order chi connectivity index (χ0) is 13.8. The van der Waals surface area contributed by atoms with Gasteiger partial charge in [-0.3, -0.25) is 0 Å². The van der Waals surface area contributed by atoms with Gasteiger partial charge < -0.3 is 5.73 Å². The summed E-state index contributed by atoms with van der Waals surface area (Å²) < 4.78 is 26.8. The summed E-state index contributed by atoms with van der Waals surface area (Å²) in [7, 11) is -3.50. The minimum absolute atomic E-state index is 0.0894. The third-order valence-electron chi connectivity index (χ3n) is 2.51. The second-order valence-corrected chi connectivity index (χ2v) is 6.36.